The number of rotatable bonds is 8. The Labute approximate surface area is 376 Å². The highest BCUT2D eigenvalue weighted by atomic mass is 16.3. The quantitative estimate of drug-likeness (QED) is 0.166. The number of imidazole rings is 1. The lowest BCUT2D eigenvalue weighted by molar-refractivity contribution is 0.477. The van der Waals surface area contributed by atoms with Crippen LogP contribution in [0.15, 0.2) is 237 Å². The lowest BCUT2D eigenvalue weighted by Crippen LogP contribution is -2.00. The van der Waals surface area contributed by atoms with Gasteiger partial charge in [-0.15, -0.1) is 0 Å². The van der Waals surface area contributed by atoms with Gasteiger partial charge in [-0.3, -0.25) is 9.55 Å². The Balaban J connectivity index is 1.13. The van der Waals surface area contributed by atoms with Gasteiger partial charge in [0.25, 0.3) is 0 Å². The van der Waals surface area contributed by atoms with E-state index in [1.807, 2.05) is 36.5 Å². The summed E-state index contributed by atoms with van der Waals surface area (Å²) in [7, 11) is 0. The SMILES string of the molecule is Oc1ccccc1-c1nc2c(-c3cc(-c4cc(-c5ccc(-c6ccccc6)cc5)ccn4)cc4c3c3ccccc3n4-c3ccccc3)cccc2n1-c1ccccc1-c1ccccc1. The van der Waals surface area contributed by atoms with Crippen LogP contribution in [-0.2, 0) is 0 Å². The number of aromatic hydroxyl groups is 1. The van der Waals surface area contributed by atoms with Gasteiger partial charge in [0.05, 0.1) is 39.0 Å². The van der Waals surface area contributed by atoms with Crippen molar-refractivity contribution < 1.29 is 5.11 Å². The van der Waals surface area contributed by atoms with Crippen LogP contribution in [0.5, 0.6) is 5.75 Å². The number of hydrogen-bond donors (Lipinski definition) is 1. The summed E-state index contributed by atoms with van der Waals surface area (Å²) in [6.45, 7) is 0. The van der Waals surface area contributed by atoms with Crippen LogP contribution in [0, 0.1) is 0 Å². The summed E-state index contributed by atoms with van der Waals surface area (Å²) in [6.07, 6.45) is 1.91. The summed E-state index contributed by atoms with van der Waals surface area (Å²) in [5.74, 6) is 0.819. The molecule has 9 aromatic carbocycles. The van der Waals surface area contributed by atoms with Crippen molar-refractivity contribution in [2.75, 3.05) is 0 Å². The van der Waals surface area contributed by atoms with Crippen LogP contribution in [0.4, 0.5) is 0 Å². The Morgan fingerprint density at radius 1 is 0.369 bits per heavy atom. The zero-order valence-electron chi connectivity index (χ0n) is 35.3. The number of fused-ring (bicyclic) bond motifs is 4. The van der Waals surface area contributed by atoms with Crippen LogP contribution in [0.25, 0.3) is 111 Å². The molecule has 0 unspecified atom stereocenters. The number of benzene rings is 9. The summed E-state index contributed by atoms with van der Waals surface area (Å²) in [5.41, 5.74) is 17.2. The average Bonchev–Trinajstić information content (AvgIpc) is 3.93. The van der Waals surface area contributed by atoms with Crippen molar-refractivity contribution in [2.24, 2.45) is 0 Å². The molecule has 0 amide bonds. The standard InChI is InChI=1S/C60H40N4O/c65-57-30-15-12-25-50(57)60-62-59-48(26-16-29-55(59)64(60)53-27-13-10-23-47(53)43-19-6-2-7-20-43)51-37-45(39-56-58(51)49-24-11-14-28-54(49)63(56)46-21-8-3-9-22-46)52-38-44(35-36-61-52)42-33-31-41(32-34-42)40-17-4-1-5-18-40/h1-39,65H. The van der Waals surface area contributed by atoms with E-state index < -0.39 is 0 Å². The monoisotopic (exact) mass is 832 g/mol. The van der Waals surface area contributed by atoms with Gasteiger partial charge in [-0.1, -0.05) is 164 Å². The van der Waals surface area contributed by atoms with Crippen molar-refractivity contribution in [2.45, 2.75) is 0 Å². The Morgan fingerprint density at radius 3 is 1.74 bits per heavy atom. The number of para-hydroxylation sites is 5. The highest BCUT2D eigenvalue weighted by molar-refractivity contribution is 6.19. The summed E-state index contributed by atoms with van der Waals surface area (Å²) in [6, 6.07) is 80.1. The number of pyridine rings is 1. The molecule has 3 aromatic heterocycles. The molecule has 12 aromatic rings. The third-order valence-electron chi connectivity index (χ3n) is 12.5. The Morgan fingerprint density at radius 2 is 0.969 bits per heavy atom. The zero-order chi connectivity index (χ0) is 43.3. The van der Waals surface area contributed by atoms with Gasteiger partial charge in [0, 0.05) is 39.3 Å². The first-order chi connectivity index (χ1) is 32.2. The van der Waals surface area contributed by atoms with Crippen molar-refractivity contribution >= 4 is 32.8 Å². The van der Waals surface area contributed by atoms with Gasteiger partial charge in [0.15, 0.2) is 0 Å². The second kappa shape index (κ2) is 15.8. The van der Waals surface area contributed by atoms with Gasteiger partial charge in [0.1, 0.15) is 11.6 Å². The molecule has 65 heavy (non-hydrogen) atoms. The van der Waals surface area contributed by atoms with E-state index in [-0.39, 0.29) is 5.75 Å². The number of aromatic nitrogens is 4. The number of hydrogen-bond acceptors (Lipinski definition) is 3. The van der Waals surface area contributed by atoms with Crippen molar-refractivity contribution in [1.29, 1.82) is 0 Å². The third kappa shape index (κ3) is 6.57. The molecule has 0 aliphatic rings. The van der Waals surface area contributed by atoms with E-state index in [1.54, 1.807) is 6.07 Å². The number of phenolic OH excluding ortho intramolecular Hbond substituents is 1. The van der Waals surface area contributed by atoms with Crippen molar-refractivity contribution in [3.8, 4) is 84.3 Å². The van der Waals surface area contributed by atoms with Gasteiger partial charge in [0.2, 0.25) is 0 Å². The molecule has 306 valence electrons. The van der Waals surface area contributed by atoms with Crippen LogP contribution in [0.1, 0.15) is 0 Å². The maximum Gasteiger partial charge on any atom is 0.149 e. The summed E-state index contributed by atoms with van der Waals surface area (Å²) < 4.78 is 4.57. The molecule has 0 radical (unpaired) electrons. The Bertz CT molecular complexity index is 3700. The fourth-order valence-corrected chi connectivity index (χ4v) is 9.50. The Kier molecular flexibility index (Phi) is 9.24. The molecule has 3 heterocycles. The van der Waals surface area contributed by atoms with Gasteiger partial charge >= 0.3 is 0 Å². The molecule has 0 bridgehead atoms. The molecular formula is C60H40N4O. The van der Waals surface area contributed by atoms with Crippen LogP contribution in [0.3, 0.4) is 0 Å². The van der Waals surface area contributed by atoms with E-state index in [9.17, 15) is 5.11 Å². The van der Waals surface area contributed by atoms with Gasteiger partial charge in [-0.2, -0.15) is 0 Å². The minimum absolute atomic E-state index is 0.166. The zero-order valence-corrected chi connectivity index (χ0v) is 35.3. The third-order valence-corrected chi connectivity index (χ3v) is 12.5. The van der Waals surface area contributed by atoms with Crippen LogP contribution < -0.4 is 0 Å². The first-order valence-electron chi connectivity index (χ1n) is 21.9. The predicted octanol–water partition coefficient (Wildman–Crippen LogP) is 15.2. The topological polar surface area (TPSA) is 55.9 Å². The summed E-state index contributed by atoms with van der Waals surface area (Å²) in [5, 5.41) is 13.7. The molecule has 5 heteroatoms. The van der Waals surface area contributed by atoms with Gasteiger partial charge in [-0.25, -0.2) is 4.98 Å². The van der Waals surface area contributed by atoms with E-state index in [0.717, 1.165) is 88.9 Å². The van der Waals surface area contributed by atoms with Crippen molar-refractivity contribution in [3.63, 3.8) is 0 Å². The highest BCUT2D eigenvalue weighted by Gasteiger charge is 2.24. The number of phenols is 1. The first kappa shape index (κ1) is 37.9. The Hall–Kier alpha value is -8.80. The molecule has 0 aliphatic carbocycles. The summed E-state index contributed by atoms with van der Waals surface area (Å²) >= 11 is 0. The second-order valence-electron chi connectivity index (χ2n) is 16.3. The van der Waals surface area contributed by atoms with E-state index >= 15 is 0 Å². The van der Waals surface area contributed by atoms with Crippen LogP contribution >= 0.6 is 0 Å². The normalized spacial score (nSPS) is 11.4. The van der Waals surface area contributed by atoms with E-state index in [4.69, 9.17) is 9.97 Å². The molecule has 0 atom stereocenters. The summed E-state index contributed by atoms with van der Waals surface area (Å²) in [4.78, 5) is 10.6. The first-order valence-corrected chi connectivity index (χ1v) is 21.9. The van der Waals surface area contributed by atoms with Crippen LogP contribution in [-0.4, -0.2) is 24.2 Å². The lowest BCUT2D eigenvalue weighted by Gasteiger charge is -2.16. The predicted molar refractivity (Wildman–Crippen MR) is 267 cm³/mol. The fourth-order valence-electron chi connectivity index (χ4n) is 9.50. The molecule has 12 rings (SSSR count). The molecule has 0 spiro atoms. The molecular weight excluding hydrogens is 793 g/mol. The minimum atomic E-state index is 0.166. The molecule has 0 fully saturated rings. The molecule has 5 nitrogen and oxygen atoms in total. The number of nitrogens with zero attached hydrogens (tertiary/aromatic N) is 4. The van der Waals surface area contributed by atoms with Gasteiger partial charge in [-0.05, 0) is 100 Å². The van der Waals surface area contributed by atoms with E-state index in [2.05, 4.69) is 203 Å². The van der Waals surface area contributed by atoms with E-state index in [1.165, 1.54) is 11.1 Å². The molecule has 1 N–H and O–H groups in total. The van der Waals surface area contributed by atoms with Gasteiger partial charge < -0.3 is 9.67 Å². The minimum Gasteiger partial charge on any atom is -0.507 e. The van der Waals surface area contributed by atoms with Crippen molar-refractivity contribution in [1.82, 2.24) is 19.1 Å². The molecule has 0 aliphatic heterocycles. The molecule has 0 saturated carbocycles. The largest absolute Gasteiger partial charge is 0.507 e. The van der Waals surface area contributed by atoms with Crippen molar-refractivity contribution in [3.05, 3.63) is 237 Å². The highest BCUT2D eigenvalue weighted by Crippen LogP contribution is 2.45. The second-order valence-corrected chi connectivity index (χ2v) is 16.3. The molecule has 0 saturated heterocycles. The maximum atomic E-state index is 11.5. The lowest BCUT2D eigenvalue weighted by atomic mass is 9.94. The van der Waals surface area contributed by atoms with Crippen LogP contribution in [0.2, 0.25) is 0 Å². The fraction of sp³-hybridized carbons (Fsp3) is 0. The smallest absolute Gasteiger partial charge is 0.149 e. The maximum absolute atomic E-state index is 11.5. The van der Waals surface area contributed by atoms with E-state index in [0.29, 0.717) is 11.4 Å². The average molecular weight is 833 g/mol.